The number of anilines is 1. The van der Waals surface area contributed by atoms with Crippen molar-refractivity contribution in [1.82, 2.24) is 10.2 Å². The second kappa shape index (κ2) is 16.4. The van der Waals surface area contributed by atoms with E-state index in [0.29, 0.717) is 24.2 Å². The van der Waals surface area contributed by atoms with Gasteiger partial charge in [-0.1, -0.05) is 66.7 Å². The topological polar surface area (TPSA) is 136 Å². The summed E-state index contributed by atoms with van der Waals surface area (Å²) in [6.07, 6.45) is 1.09. The molecule has 3 aromatic rings. The quantitative estimate of drug-likeness (QED) is 0.228. The summed E-state index contributed by atoms with van der Waals surface area (Å²) in [5.74, 6) is -0.771. The minimum Gasteiger partial charge on any atom is -0.467 e. The van der Waals surface area contributed by atoms with E-state index in [-0.39, 0.29) is 37.2 Å². The SMILES string of the molecule is COC(=O)C(Cc1ccccc1)NC(=O)Nc1cccc(C2OC(CN3CCCC3C(=O)OC(C)(C)C)CC(c3ccc(CO)cc3)O2)c1. The normalized spacial score (nSPS) is 21.8. The Morgan fingerprint density at radius 3 is 2.41 bits per heavy atom. The molecule has 0 aromatic heterocycles. The van der Waals surface area contributed by atoms with Gasteiger partial charge in [0.15, 0.2) is 6.29 Å². The standard InChI is InChI=1S/C38H47N3O8/c1-38(2,3)49-35(44)32-14-9-19-41(32)23-30-22-33(27-17-15-26(24-42)16-18-27)48-36(47-30)28-12-8-13-29(21-28)39-37(45)40-31(34(43)46-4)20-25-10-6-5-7-11-25/h5-8,10-13,15-18,21,30-33,36,42H,9,14,19-20,22-24H2,1-4H3,(H2,39,40,45). The van der Waals surface area contributed by atoms with Gasteiger partial charge in [-0.3, -0.25) is 9.69 Å². The number of aliphatic hydroxyl groups is 1. The van der Waals surface area contributed by atoms with Crippen LogP contribution in [0, 0.1) is 0 Å². The highest BCUT2D eigenvalue weighted by molar-refractivity contribution is 5.92. The van der Waals surface area contributed by atoms with Gasteiger partial charge in [0.1, 0.15) is 17.7 Å². The highest BCUT2D eigenvalue weighted by atomic mass is 16.7. The summed E-state index contributed by atoms with van der Waals surface area (Å²) in [6.45, 7) is 6.84. The molecule has 11 heteroatoms. The maximum Gasteiger partial charge on any atom is 0.328 e. The predicted molar refractivity (Wildman–Crippen MR) is 183 cm³/mol. The van der Waals surface area contributed by atoms with Crippen LogP contribution in [0.5, 0.6) is 0 Å². The molecule has 2 heterocycles. The van der Waals surface area contributed by atoms with Crippen molar-refractivity contribution < 1.29 is 38.4 Å². The van der Waals surface area contributed by atoms with Crippen molar-refractivity contribution in [2.24, 2.45) is 0 Å². The first kappa shape index (κ1) is 36.0. The van der Waals surface area contributed by atoms with Crippen molar-refractivity contribution in [2.75, 3.05) is 25.5 Å². The molecule has 0 saturated carbocycles. The van der Waals surface area contributed by atoms with Gasteiger partial charge in [0, 0.05) is 30.6 Å². The van der Waals surface area contributed by atoms with Crippen LogP contribution >= 0.6 is 0 Å². The zero-order valence-electron chi connectivity index (χ0n) is 28.6. The number of aliphatic hydroxyl groups excluding tert-OH is 1. The number of likely N-dealkylation sites (tertiary alicyclic amines) is 1. The highest BCUT2D eigenvalue weighted by Gasteiger charge is 2.39. The maximum atomic E-state index is 13.1. The third-order valence-corrected chi connectivity index (χ3v) is 8.59. The van der Waals surface area contributed by atoms with E-state index in [9.17, 15) is 19.5 Å². The Morgan fingerprint density at radius 2 is 1.71 bits per heavy atom. The van der Waals surface area contributed by atoms with Gasteiger partial charge < -0.3 is 34.7 Å². The molecule has 0 spiro atoms. The number of rotatable bonds is 11. The van der Waals surface area contributed by atoms with Crippen LogP contribution in [-0.4, -0.2) is 72.0 Å². The van der Waals surface area contributed by atoms with Crippen molar-refractivity contribution in [3.63, 3.8) is 0 Å². The van der Waals surface area contributed by atoms with Crippen molar-refractivity contribution in [1.29, 1.82) is 0 Å². The fourth-order valence-corrected chi connectivity index (χ4v) is 6.25. The van der Waals surface area contributed by atoms with Crippen molar-refractivity contribution in [2.45, 2.75) is 89.2 Å². The predicted octanol–water partition coefficient (Wildman–Crippen LogP) is 5.44. The first-order valence-corrected chi connectivity index (χ1v) is 16.8. The average Bonchev–Trinajstić information content (AvgIpc) is 3.55. The van der Waals surface area contributed by atoms with Gasteiger partial charge in [-0.15, -0.1) is 0 Å². The molecule has 5 rings (SSSR count). The number of amides is 2. The number of esters is 2. The second-order valence-corrected chi connectivity index (χ2v) is 13.5. The number of methoxy groups -OCH3 is 1. The third kappa shape index (κ3) is 10.1. The van der Waals surface area contributed by atoms with Crippen molar-refractivity contribution >= 4 is 23.7 Å². The molecule has 2 aliphatic rings. The number of benzene rings is 3. The van der Waals surface area contributed by atoms with E-state index >= 15 is 0 Å². The van der Waals surface area contributed by atoms with Crippen LogP contribution in [0.4, 0.5) is 10.5 Å². The summed E-state index contributed by atoms with van der Waals surface area (Å²) in [5.41, 5.74) is 3.24. The first-order valence-electron chi connectivity index (χ1n) is 16.8. The summed E-state index contributed by atoms with van der Waals surface area (Å²) in [6, 6.07) is 22.4. The van der Waals surface area contributed by atoms with Crippen molar-refractivity contribution in [3.8, 4) is 0 Å². The van der Waals surface area contributed by atoms with E-state index in [1.165, 1.54) is 7.11 Å². The smallest absolute Gasteiger partial charge is 0.328 e. The Hall–Kier alpha value is -4.29. The molecule has 5 unspecified atom stereocenters. The van der Waals surface area contributed by atoms with Crippen LogP contribution in [-0.2, 0) is 41.6 Å². The van der Waals surface area contributed by atoms with Gasteiger partial charge in [-0.25, -0.2) is 9.59 Å². The lowest BCUT2D eigenvalue weighted by Crippen LogP contribution is -2.45. The number of nitrogens with one attached hydrogen (secondary N) is 2. The summed E-state index contributed by atoms with van der Waals surface area (Å²) in [7, 11) is 1.29. The highest BCUT2D eigenvalue weighted by Crippen LogP contribution is 2.39. The molecular weight excluding hydrogens is 626 g/mol. The molecule has 5 atom stereocenters. The van der Waals surface area contributed by atoms with Gasteiger partial charge in [-0.2, -0.15) is 0 Å². The van der Waals surface area contributed by atoms with Crippen LogP contribution in [0.1, 0.15) is 74.7 Å². The molecule has 3 N–H and O–H groups in total. The zero-order chi connectivity index (χ0) is 35.0. The number of carbonyl (C=O) groups excluding carboxylic acids is 3. The van der Waals surface area contributed by atoms with E-state index in [1.54, 1.807) is 18.2 Å². The lowest BCUT2D eigenvalue weighted by atomic mass is 9.99. The minimum absolute atomic E-state index is 0.0544. The molecule has 49 heavy (non-hydrogen) atoms. The molecular formula is C38H47N3O8. The summed E-state index contributed by atoms with van der Waals surface area (Å²) in [4.78, 5) is 40.8. The Labute approximate surface area is 287 Å². The van der Waals surface area contributed by atoms with Crippen LogP contribution < -0.4 is 10.6 Å². The van der Waals surface area contributed by atoms with Gasteiger partial charge in [-0.05, 0) is 69.0 Å². The molecule has 2 fully saturated rings. The van der Waals surface area contributed by atoms with E-state index < -0.39 is 29.9 Å². The van der Waals surface area contributed by atoms with Crippen LogP contribution in [0.2, 0.25) is 0 Å². The largest absolute Gasteiger partial charge is 0.467 e. The Morgan fingerprint density at radius 1 is 0.959 bits per heavy atom. The fraction of sp³-hybridized carbons (Fsp3) is 0.447. The Bertz CT molecular complexity index is 1560. The number of carbonyl (C=O) groups is 3. The summed E-state index contributed by atoms with van der Waals surface area (Å²) < 4.78 is 23.7. The van der Waals surface area contributed by atoms with Crippen LogP contribution in [0.3, 0.4) is 0 Å². The van der Waals surface area contributed by atoms with E-state index in [0.717, 1.165) is 36.1 Å². The first-order chi connectivity index (χ1) is 23.5. The molecule has 0 radical (unpaired) electrons. The van der Waals surface area contributed by atoms with Gasteiger partial charge in [0.2, 0.25) is 0 Å². The average molecular weight is 674 g/mol. The van der Waals surface area contributed by atoms with Crippen molar-refractivity contribution in [3.05, 3.63) is 101 Å². The molecule has 2 aliphatic heterocycles. The molecule has 2 saturated heterocycles. The van der Waals surface area contributed by atoms with E-state index in [2.05, 4.69) is 15.5 Å². The summed E-state index contributed by atoms with van der Waals surface area (Å²) >= 11 is 0. The molecule has 262 valence electrons. The number of urea groups is 1. The minimum atomic E-state index is -0.880. The monoisotopic (exact) mass is 673 g/mol. The van der Waals surface area contributed by atoms with Crippen LogP contribution in [0.25, 0.3) is 0 Å². The van der Waals surface area contributed by atoms with Gasteiger partial charge >= 0.3 is 18.0 Å². The Kier molecular flexibility index (Phi) is 12.1. The molecule has 2 amide bonds. The number of hydrogen-bond acceptors (Lipinski definition) is 9. The van der Waals surface area contributed by atoms with Gasteiger partial charge in [0.05, 0.1) is 25.9 Å². The molecule has 11 nitrogen and oxygen atoms in total. The maximum absolute atomic E-state index is 13.1. The molecule has 3 aromatic carbocycles. The lowest BCUT2D eigenvalue weighted by molar-refractivity contribution is -0.253. The number of nitrogens with zero attached hydrogens (tertiary/aromatic N) is 1. The number of ether oxygens (including phenoxy) is 4. The molecule has 0 bridgehead atoms. The third-order valence-electron chi connectivity index (χ3n) is 8.59. The van der Waals surface area contributed by atoms with Gasteiger partial charge in [0.25, 0.3) is 0 Å². The fourth-order valence-electron chi connectivity index (χ4n) is 6.25. The van der Waals surface area contributed by atoms with E-state index in [4.69, 9.17) is 18.9 Å². The second-order valence-electron chi connectivity index (χ2n) is 13.5. The van der Waals surface area contributed by atoms with Crippen LogP contribution in [0.15, 0.2) is 78.9 Å². The Balaban J connectivity index is 1.31. The zero-order valence-corrected chi connectivity index (χ0v) is 28.6. The molecule has 0 aliphatic carbocycles. The van der Waals surface area contributed by atoms with E-state index in [1.807, 2.05) is 81.4 Å². The number of hydrogen-bond donors (Lipinski definition) is 3. The summed E-state index contributed by atoms with van der Waals surface area (Å²) in [5, 5.41) is 15.1. The lowest BCUT2D eigenvalue weighted by Gasteiger charge is -2.38.